The number of furan rings is 1. The van der Waals surface area contributed by atoms with E-state index in [0.29, 0.717) is 0 Å². The van der Waals surface area contributed by atoms with Gasteiger partial charge in [0, 0.05) is 6.54 Å². The van der Waals surface area contributed by atoms with Gasteiger partial charge in [-0.2, -0.15) is 0 Å². The van der Waals surface area contributed by atoms with Crippen LogP contribution in [0.1, 0.15) is 12.2 Å². The first-order valence-corrected chi connectivity index (χ1v) is 6.56. The van der Waals surface area contributed by atoms with Gasteiger partial charge >= 0.3 is 0 Å². The van der Waals surface area contributed by atoms with E-state index in [9.17, 15) is 0 Å². The van der Waals surface area contributed by atoms with Crippen LogP contribution in [0.4, 0.5) is 0 Å². The third-order valence-electron chi connectivity index (χ3n) is 3.16. The van der Waals surface area contributed by atoms with E-state index in [1.54, 1.807) is 6.26 Å². The summed E-state index contributed by atoms with van der Waals surface area (Å²) in [5, 5.41) is 3.37. The summed E-state index contributed by atoms with van der Waals surface area (Å²) in [5.74, 6) is 0.980. The van der Waals surface area contributed by atoms with E-state index < -0.39 is 0 Å². The SMILES string of the molecule is c1coc(CNCCCn2cnc3ccccc32)c1. The molecule has 0 radical (unpaired) electrons. The minimum Gasteiger partial charge on any atom is -0.468 e. The Morgan fingerprint density at radius 2 is 2.11 bits per heavy atom. The molecule has 0 saturated carbocycles. The van der Waals surface area contributed by atoms with Crippen molar-refractivity contribution in [3.63, 3.8) is 0 Å². The van der Waals surface area contributed by atoms with Crippen LogP contribution < -0.4 is 5.32 Å². The lowest BCUT2D eigenvalue weighted by Gasteiger charge is -2.05. The lowest BCUT2D eigenvalue weighted by molar-refractivity contribution is 0.476. The summed E-state index contributed by atoms with van der Waals surface area (Å²) in [6, 6.07) is 12.1. The summed E-state index contributed by atoms with van der Waals surface area (Å²) in [6.45, 7) is 2.73. The number of benzene rings is 1. The van der Waals surface area contributed by atoms with E-state index in [1.165, 1.54) is 5.52 Å². The van der Waals surface area contributed by atoms with Crippen molar-refractivity contribution < 1.29 is 4.42 Å². The molecular weight excluding hydrogens is 238 g/mol. The van der Waals surface area contributed by atoms with Gasteiger partial charge in [-0.15, -0.1) is 0 Å². The number of imidazole rings is 1. The number of nitrogens with zero attached hydrogens (tertiary/aromatic N) is 2. The predicted octanol–water partition coefficient (Wildman–Crippen LogP) is 2.81. The molecule has 1 aromatic carbocycles. The van der Waals surface area contributed by atoms with Crippen LogP contribution in [0, 0.1) is 0 Å². The monoisotopic (exact) mass is 255 g/mol. The lowest BCUT2D eigenvalue weighted by atomic mass is 10.3. The molecule has 0 fully saturated rings. The van der Waals surface area contributed by atoms with Gasteiger partial charge in [0.1, 0.15) is 5.76 Å². The third kappa shape index (κ3) is 2.85. The van der Waals surface area contributed by atoms with E-state index in [2.05, 4.69) is 27.0 Å². The van der Waals surface area contributed by atoms with Crippen molar-refractivity contribution in [3.8, 4) is 0 Å². The van der Waals surface area contributed by atoms with Crippen molar-refractivity contribution in [1.82, 2.24) is 14.9 Å². The Kier molecular flexibility index (Phi) is 3.61. The number of fused-ring (bicyclic) bond motifs is 1. The molecule has 98 valence electrons. The van der Waals surface area contributed by atoms with Gasteiger partial charge in [-0.25, -0.2) is 4.98 Å². The highest BCUT2D eigenvalue weighted by Crippen LogP contribution is 2.11. The van der Waals surface area contributed by atoms with Crippen molar-refractivity contribution in [2.45, 2.75) is 19.5 Å². The third-order valence-corrected chi connectivity index (χ3v) is 3.16. The molecule has 4 heteroatoms. The molecule has 0 atom stereocenters. The average Bonchev–Trinajstić information content (AvgIpc) is 3.08. The first kappa shape index (κ1) is 12.0. The summed E-state index contributed by atoms with van der Waals surface area (Å²) < 4.78 is 7.46. The zero-order valence-electron chi connectivity index (χ0n) is 10.7. The smallest absolute Gasteiger partial charge is 0.117 e. The van der Waals surface area contributed by atoms with E-state index in [-0.39, 0.29) is 0 Å². The van der Waals surface area contributed by atoms with Crippen molar-refractivity contribution in [3.05, 3.63) is 54.7 Å². The number of para-hydroxylation sites is 2. The molecule has 2 aromatic heterocycles. The number of nitrogens with one attached hydrogen (secondary N) is 1. The van der Waals surface area contributed by atoms with Gasteiger partial charge in [0.25, 0.3) is 0 Å². The summed E-state index contributed by atoms with van der Waals surface area (Å²) >= 11 is 0. The fourth-order valence-electron chi connectivity index (χ4n) is 2.19. The predicted molar refractivity (Wildman–Crippen MR) is 74.8 cm³/mol. The maximum Gasteiger partial charge on any atom is 0.117 e. The molecule has 0 bridgehead atoms. The van der Waals surface area contributed by atoms with E-state index in [1.807, 2.05) is 30.6 Å². The zero-order valence-corrected chi connectivity index (χ0v) is 10.7. The fourth-order valence-corrected chi connectivity index (χ4v) is 2.19. The molecule has 19 heavy (non-hydrogen) atoms. The number of aromatic nitrogens is 2. The molecule has 3 rings (SSSR count). The molecular formula is C15H17N3O. The number of hydrogen-bond acceptors (Lipinski definition) is 3. The van der Waals surface area contributed by atoms with E-state index in [0.717, 1.165) is 37.3 Å². The first-order valence-electron chi connectivity index (χ1n) is 6.56. The normalized spacial score (nSPS) is 11.2. The Hall–Kier alpha value is -2.07. The number of rotatable bonds is 6. The van der Waals surface area contributed by atoms with Crippen molar-refractivity contribution in [1.29, 1.82) is 0 Å². The highest BCUT2D eigenvalue weighted by atomic mass is 16.3. The van der Waals surface area contributed by atoms with Crippen LogP contribution in [-0.2, 0) is 13.1 Å². The highest BCUT2D eigenvalue weighted by Gasteiger charge is 2.00. The fraction of sp³-hybridized carbons (Fsp3) is 0.267. The van der Waals surface area contributed by atoms with Crippen LogP contribution in [0.25, 0.3) is 11.0 Å². The highest BCUT2D eigenvalue weighted by molar-refractivity contribution is 5.74. The molecule has 0 aliphatic carbocycles. The summed E-state index contributed by atoms with van der Waals surface area (Å²) in [5.41, 5.74) is 2.26. The minimum atomic E-state index is 0.789. The minimum absolute atomic E-state index is 0.789. The molecule has 0 spiro atoms. The summed E-state index contributed by atoms with van der Waals surface area (Å²) in [7, 11) is 0. The summed E-state index contributed by atoms with van der Waals surface area (Å²) in [4.78, 5) is 4.39. The second-order valence-corrected chi connectivity index (χ2v) is 4.54. The Bertz CT molecular complexity index is 628. The van der Waals surface area contributed by atoms with Gasteiger partial charge < -0.3 is 14.3 Å². The molecule has 1 N–H and O–H groups in total. The standard InChI is InChI=1S/C15H17N3O/c1-2-7-15-14(6-1)17-12-18(15)9-4-8-16-11-13-5-3-10-19-13/h1-3,5-7,10,12,16H,4,8-9,11H2. The second-order valence-electron chi connectivity index (χ2n) is 4.54. The van der Waals surface area contributed by atoms with Crippen molar-refractivity contribution in [2.75, 3.05) is 6.54 Å². The number of hydrogen-bond donors (Lipinski definition) is 1. The van der Waals surface area contributed by atoms with Gasteiger partial charge in [0.15, 0.2) is 0 Å². The summed E-state index contributed by atoms with van der Waals surface area (Å²) in [6.07, 6.45) is 4.69. The van der Waals surface area contributed by atoms with Crippen molar-refractivity contribution in [2.24, 2.45) is 0 Å². The van der Waals surface area contributed by atoms with Crippen LogP contribution in [0.3, 0.4) is 0 Å². The quantitative estimate of drug-likeness (QED) is 0.689. The van der Waals surface area contributed by atoms with E-state index >= 15 is 0 Å². The average molecular weight is 255 g/mol. The van der Waals surface area contributed by atoms with E-state index in [4.69, 9.17) is 4.42 Å². The Morgan fingerprint density at radius 1 is 1.16 bits per heavy atom. The van der Waals surface area contributed by atoms with Crippen LogP contribution in [-0.4, -0.2) is 16.1 Å². The van der Waals surface area contributed by atoms with Gasteiger partial charge in [-0.05, 0) is 37.2 Å². The van der Waals surface area contributed by atoms with Gasteiger partial charge in [-0.3, -0.25) is 0 Å². The van der Waals surface area contributed by atoms with Crippen LogP contribution in [0.5, 0.6) is 0 Å². The number of aryl methyl sites for hydroxylation is 1. The Balaban J connectivity index is 1.47. The van der Waals surface area contributed by atoms with Crippen molar-refractivity contribution >= 4 is 11.0 Å². The molecule has 0 saturated heterocycles. The molecule has 0 aliphatic heterocycles. The topological polar surface area (TPSA) is 43.0 Å². The Morgan fingerprint density at radius 3 is 3.00 bits per heavy atom. The zero-order chi connectivity index (χ0) is 12.9. The lowest BCUT2D eigenvalue weighted by Crippen LogP contribution is -2.16. The van der Waals surface area contributed by atoms with Gasteiger partial charge in [0.05, 0.1) is 30.2 Å². The van der Waals surface area contributed by atoms with Gasteiger partial charge in [0.2, 0.25) is 0 Å². The molecule has 3 aromatic rings. The van der Waals surface area contributed by atoms with Crippen LogP contribution >= 0.6 is 0 Å². The molecule has 0 aliphatic rings. The molecule has 0 unspecified atom stereocenters. The Labute approximate surface area is 112 Å². The molecule has 2 heterocycles. The largest absolute Gasteiger partial charge is 0.468 e. The second kappa shape index (κ2) is 5.71. The van der Waals surface area contributed by atoms with Crippen LogP contribution in [0.2, 0.25) is 0 Å². The maximum atomic E-state index is 5.27. The first-order chi connectivity index (χ1) is 9.43. The molecule has 0 amide bonds. The molecule has 4 nitrogen and oxygen atoms in total. The van der Waals surface area contributed by atoms with Gasteiger partial charge in [-0.1, -0.05) is 12.1 Å². The maximum absolute atomic E-state index is 5.27. The van der Waals surface area contributed by atoms with Crippen LogP contribution in [0.15, 0.2) is 53.4 Å².